The van der Waals surface area contributed by atoms with Gasteiger partial charge in [-0.2, -0.15) is 0 Å². The summed E-state index contributed by atoms with van der Waals surface area (Å²) in [5, 5.41) is 3.18. The van der Waals surface area contributed by atoms with E-state index in [2.05, 4.69) is 5.32 Å². The van der Waals surface area contributed by atoms with E-state index < -0.39 is 5.54 Å². The van der Waals surface area contributed by atoms with Gasteiger partial charge in [0.1, 0.15) is 0 Å². The molecule has 5 heteroatoms. The first-order chi connectivity index (χ1) is 9.00. The predicted octanol–water partition coefficient (Wildman–Crippen LogP) is 0.599. The van der Waals surface area contributed by atoms with E-state index >= 15 is 0 Å². The Morgan fingerprint density at radius 2 is 1.79 bits per heavy atom. The molecule has 2 amide bonds. The van der Waals surface area contributed by atoms with Crippen LogP contribution >= 0.6 is 0 Å². The molecule has 1 N–H and O–H groups in total. The number of hydrogen-bond acceptors (Lipinski definition) is 3. The molecule has 0 aliphatic carbocycles. The fourth-order valence-electron chi connectivity index (χ4n) is 2.81. The number of nitrogens with one attached hydrogen (secondary N) is 1. The molecular formula is C14H25N3O2. The van der Waals surface area contributed by atoms with Crippen LogP contribution in [0.1, 0.15) is 39.5 Å². The largest absolute Gasteiger partial charge is 0.341 e. The quantitative estimate of drug-likeness (QED) is 0.797. The molecule has 2 heterocycles. The highest BCUT2D eigenvalue weighted by Gasteiger charge is 2.36. The minimum Gasteiger partial charge on any atom is -0.341 e. The van der Waals surface area contributed by atoms with Crippen molar-refractivity contribution in [3.05, 3.63) is 0 Å². The summed E-state index contributed by atoms with van der Waals surface area (Å²) in [6.45, 7) is 7.07. The van der Waals surface area contributed by atoms with Gasteiger partial charge >= 0.3 is 0 Å². The lowest BCUT2D eigenvalue weighted by Crippen LogP contribution is -2.62. The maximum Gasteiger partial charge on any atom is 0.242 e. The van der Waals surface area contributed by atoms with Crippen LogP contribution in [-0.2, 0) is 9.59 Å². The average Bonchev–Trinajstić information content (AvgIpc) is 2.63. The van der Waals surface area contributed by atoms with Gasteiger partial charge in [-0.1, -0.05) is 12.8 Å². The molecular weight excluding hydrogens is 242 g/mol. The van der Waals surface area contributed by atoms with Gasteiger partial charge in [-0.25, -0.2) is 0 Å². The lowest BCUT2D eigenvalue weighted by atomic mass is 10.0. The maximum atomic E-state index is 12.3. The highest BCUT2D eigenvalue weighted by Crippen LogP contribution is 2.14. The molecule has 2 aliphatic heterocycles. The Kier molecular flexibility index (Phi) is 4.45. The third-order valence-corrected chi connectivity index (χ3v) is 4.06. The number of carbonyl (C=O) groups excluding carboxylic acids is 2. The minimum absolute atomic E-state index is 0.0296. The first-order valence-electron chi connectivity index (χ1n) is 7.33. The van der Waals surface area contributed by atoms with Crippen LogP contribution in [0.25, 0.3) is 0 Å². The monoisotopic (exact) mass is 267 g/mol. The van der Waals surface area contributed by atoms with Gasteiger partial charge < -0.3 is 15.1 Å². The van der Waals surface area contributed by atoms with Crippen molar-refractivity contribution in [2.24, 2.45) is 0 Å². The van der Waals surface area contributed by atoms with Gasteiger partial charge in [0.25, 0.3) is 0 Å². The smallest absolute Gasteiger partial charge is 0.242 e. The van der Waals surface area contributed by atoms with Crippen LogP contribution in [-0.4, -0.2) is 59.9 Å². The first-order valence-corrected chi connectivity index (χ1v) is 7.33. The maximum absolute atomic E-state index is 12.3. The van der Waals surface area contributed by atoms with E-state index in [1.165, 1.54) is 12.8 Å². The lowest BCUT2D eigenvalue weighted by Gasteiger charge is -2.38. The Hall–Kier alpha value is -1.10. The van der Waals surface area contributed by atoms with Crippen LogP contribution < -0.4 is 5.32 Å². The van der Waals surface area contributed by atoms with Crippen LogP contribution in [0.3, 0.4) is 0 Å². The zero-order chi connectivity index (χ0) is 13.9. The number of hydrogen-bond donors (Lipinski definition) is 1. The summed E-state index contributed by atoms with van der Waals surface area (Å²) >= 11 is 0. The second-order valence-corrected chi connectivity index (χ2v) is 6.07. The third-order valence-electron chi connectivity index (χ3n) is 4.06. The molecule has 2 fully saturated rings. The summed E-state index contributed by atoms with van der Waals surface area (Å²) in [4.78, 5) is 28.1. The average molecular weight is 267 g/mol. The Balaban J connectivity index is 1.92. The molecule has 0 unspecified atom stereocenters. The predicted molar refractivity (Wildman–Crippen MR) is 73.7 cm³/mol. The van der Waals surface area contributed by atoms with Crippen LogP contribution in [0.15, 0.2) is 0 Å². The Labute approximate surface area is 115 Å². The van der Waals surface area contributed by atoms with Crippen molar-refractivity contribution in [3.63, 3.8) is 0 Å². The molecule has 19 heavy (non-hydrogen) atoms. The van der Waals surface area contributed by atoms with Gasteiger partial charge in [-0.05, 0) is 26.7 Å². The second kappa shape index (κ2) is 5.90. The van der Waals surface area contributed by atoms with E-state index in [0.29, 0.717) is 6.54 Å². The highest BCUT2D eigenvalue weighted by atomic mass is 16.2. The lowest BCUT2D eigenvalue weighted by molar-refractivity contribution is -0.146. The third kappa shape index (κ3) is 3.47. The van der Waals surface area contributed by atoms with Crippen molar-refractivity contribution in [1.82, 2.24) is 15.1 Å². The van der Waals surface area contributed by atoms with Gasteiger partial charge in [0, 0.05) is 26.2 Å². The van der Waals surface area contributed by atoms with Crippen LogP contribution in [0.5, 0.6) is 0 Å². The summed E-state index contributed by atoms with van der Waals surface area (Å²) in [5.74, 6) is 0.134. The summed E-state index contributed by atoms with van der Waals surface area (Å²) < 4.78 is 0. The van der Waals surface area contributed by atoms with E-state index in [0.717, 1.165) is 32.5 Å². The molecule has 0 aromatic rings. The topological polar surface area (TPSA) is 52.7 Å². The zero-order valence-corrected chi connectivity index (χ0v) is 12.1. The molecule has 0 aromatic heterocycles. The first kappa shape index (κ1) is 14.3. The van der Waals surface area contributed by atoms with Crippen molar-refractivity contribution in [1.29, 1.82) is 0 Å². The number of likely N-dealkylation sites (tertiary alicyclic amines) is 1. The van der Waals surface area contributed by atoms with Gasteiger partial charge in [0.2, 0.25) is 11.8 Å². The molecule has 2 rings (SSSR count). The Bertz CT molecular complexity index is 347. The molecule has 2 saturated heterocycles. The van der Waals surface area contributed by atoms with Gasteiger partial charge in [-0.3, -0.25) is 9.59 Å². The molecule has 0 spiro atoms. The minimum atomic E-state index is -0.544. The summed E-state index contributed by atoms with van der Waals surface area (Å²) in [6, 6.07) is 0. The molecule has 0 aromatic carbocycles. The van der Waals surface area contributed by atoms with Crippen molar-refractivity contribution in [2.45, 2.75) is 45.1 Å². The highest BCUT2D eigenvalue weighted by molar-refractivity contribution is 5.90. The standard InChI is InChI=1S/C14H25N3O2/c1-14(2)13(19)17(10-7-15-14)11-12(18)16-8-5-3-4-6-9-16/h15H,3-11H2,1-2H3. The van der Waals surface area contributed by atoms with E-state index in [1.807, 2.05) is 18.7 Å². The molecule has 0 bridgehead atoms. The number of carbonyl (C=O) groups is 2. The normalized spacial score (nSPS) is 24.2. The Morgan fingerprint density at radius 3 is 2.42 bits per heavy atom. The van der Waals surface area contributed by atoms with Crippen LogP contribution in [0.4, 0.5) is 0 Å². The summed E-state index contributed by atoms with van der Waals surface area (Å²) in [5.41, 5.74) is -0.544. The van der Waals surface area contributed by atoms with E-state index in [-0.39, 0.29) is 18.4 Å². The zero-order valence-electron chi connectivity index (χ0n) is 12.1. The van der Waals surface area contributed by atoms with Gasteiger partial charge in [-0.15, -0.1) is 0 Å². The molecule has 0 saturated carbocycles. The van der Waals surface area contributed by atoms with E-state index in [9.17, 15) is 9.59 Å². The van der Waals surface area contributed by atoms with Crippen molar-refractivity contribution < 1.29 is 9.59 Å². The molecule has 2 aliphatic rings. The van der Waals surface area contributed by atoms with E-state index in [1.54, 1.807) is 4.90 Å². The molecule has 108 valence electrons. The van der Waals surface area contributed by atoms with Crippen molar-refractivity contribution >= 4 is 11.8 Å². The molecule has 0 atom stereocenters. The van der Waals surface area contributed by atoms with Gasteiger partial charge in [0.15, 0.2) is 0 Å². The van der Waals surface area contributed by atoms with Crippen molar-refractivity contribution in [2.75, 3.05) is 32.7 Å². The van der Waals surface area contributed by atoms with Gasteiger partial charge in [0.05, 0.1) is 12.1 Å². The number of nitrogens with zero attached hydrogens (tertiary/aromatic N) is 2. The van der Waals surface area contributed by atoms with Crippen LogP contribution in [0, 0.1) is 0 Å². The molecule has 5 nitrogen and oxygen atoms in total. The fourth-order valence-corrected chi connectivity index (χ4v) is 2.81. The summed E-state index contributed by atoms with van der Waals surface area (Å²) in [6.07, 6.45) is 4.60. The number of piperazine rings is 1. The summed E-state index contributed by atoms with van der Waals surface area (Å²) in [7, 11) is 0. The fraction of sp³-hybridized carbons (Fsp3) is 0.857. The number of amides is 2. The number of rotatable bonds is 2. The molecule has 0 radical (unpaired) electrons. The Morgan fingerprint density at radius 1 is 1.16 bits per heavy atom. The van der Waals surface area contributed by atoms with Crippen molar-refractivity contribution in [3.8, 4) is 0 Å². The van der Waals surface area contributed by atoms with Crippen LogP contribution in [0.2, 0.25) is 0 Å². The van der Waals surface area contributed by atoms with E-state index in [4.69, 9.17) is 0 Å². The second-order valence-electron chi connectivity index (χ2n) is 6.07. The SMILES string of the molecule is CC1(C)NCCN(CC(=O)N2CCCCCC2)C1=O.